The van der Waals surface area contributed by atoms with Crippen LogP contribution >= 0.6 is 0 Å². The monoisotopic (exact) mass is 390 g/mol. The average molecular weight is 391 g/mol. The van der Waals surface area contributed by atoms with Gasteiger partial charge in [-0.15, -0.1) is 0 Å². The molecule has 4 nitrogen and oxygen atoms in total. The molecule has 158 valence electrons. The van der Waals surface area contributed by atoms with Crippen LogP contribution in [0.3, 0.4) is 0 Å². The number of carbonyl (C=O) groups is 2. The van der Waals surface area contributed by atoms with E-state index in [1.54, 1.807) is 0 Å². The third-order valence-electron chi connectivity index (χ3n) is 10.4. The van der Waals surface area contributed by atoms with Crippen LogP contribution in [0.4, 0.5) is 0 Å². The van der Waals surface area contributed by atoms with Crippen LogP contribution in [-0.4, -0.2) is 29.1 Å². The molecule has 0 saturated heterocycles. The summed E-state index contributed by atoms with van der Waals surface area (Å²) in [6.45, 7) is 8.25. The van der Waals surface area contributed by atoms with Crippen molar-refractivity contribution >= 4 is 11.8 Å². The molecule has 4 aliphatic carbocycles. The lowest BCUT2D eigenvalue weighted by Gasteiger charge is -2.65. The van der Waals surface area contributed by atoms with Gasteiger partial charge in [0.2, 0.25) is 5.78 Å². The first-order chi connectivity index (χ1) is 13.1. The molecule has 0 bridgehead atoms. The average Bonchev–Trinajstić information content (AvgIpc) is 2.92. The molecule has 4 aliphatic rings. The largest absolute Gasteiger partial charge is 0.458 e. The summed E-state index contributed by atoms with van der Waals surface area (Å²) in [5, 5.41) is 11.5. The van der Waals surface area contributed by atoms with Crippen molar-refractivity contribution in [3.63, 3.8) is 0 Å². The van der Waals surface area contributed by atoms with Crippen LogP contribution in [0.1, 0.15) is 91.9 Å². The Hall–Kier alpha value is -0.900. The lowest BCUT2D eigenvalue weighted by atomic mass is 9.40. The molecular formula is C24H38O4. The maximum atomic E-state index is 12.9. The van der Waals surface area contributed by atoms with E-state index >= 15 is 0 Å². The highest BCUT2D eigenvalue weighted by atomic mass is 16.5. The first-order valence-corrected chi connectivity index (χ1v) is 11.5. The summed E-state index contributed by atoms with van der Waals surface area (Å²) in [4.78, 5) is 24.1. The van der Waals surface area contributed by atoms with Crippen LogP contribution in [0.15, 0.2) is 0 Å². The van der Waals surface area contributed by atoms with E-state index in [2.05, 4.69) is 20.8 Å². The van der Waals surface area contributed by atoms with Gasteiger partial charge in [0.1, 0.15) is 5.60 Å². The van der Waals surface area contributed by atoms with E-state index in [4.69, 9.17) is 4.74 Å². The summed E-state index contributed by atoms with van der Waals surface area (Å²) in [6, 6.07) is 0. The number of fused-ring (bicyclic) bond motifs is 5. The summed E-state index contributed by atoms with van der Waals surface area (Å²) in [6.07, 6.45) is 11.4. The number of carbonyl (C=O) groups excluding carboxylic acids is 2. The molecule has 4 saturated carbocycles. The van der Waals surface area contributed by atoms with Gasteiger partial charge in [0, 0.05) is 12.3 Å². The fourth-order valence-electron chi connectivity index (χ4n) is 8.37. The number of aliphatic hydroxyl groups is 1. The Balaban J connectivity index is 1.60. The third-order valence-corrected chi connectivity index (χ3v) is 10.4. The lowest BCUT2D eigenvalue weighted by Crippen LogP contribution is -2.60. The van der Waals surface area contributed by atoms with Crippen LogP contribution in [0.5, 0.6) is 0 Å². The fraction of sp³-hybridized carbons (Fsp3) is 0.917. The second kappa shape index (κ2) is 6.55. The van der Waals surface area contributed by atoms with E-state index in [1.807, 2.05) is 0 Å². The van der Waals surface area contributed by atoms with E-state index in [-0.39, 0.29) is 17.8 Å². The summed E-state index contributed by atoms with van der Waals surface area (Å²) in [5.74, 6) is 0.981. The Kier molecular flexibility index (Phi) is 4.77. The molecule has 0 heterocycles. The van der Waals surface area contributed by atoms with E-state index in [1.165, 1.54) is 45.4 Å². The van der Waals surface area contributed by atoms with E-state index < -0.39 is 11.6 Å². The molecule has 0 spiro atoms. The van der Waals surface area contributed by atoms with Crippen molar-refractivity contribution in [3.05, 3.63) is 0 Å². The quantitative estimate of drug-likeness (QED) is 0.711. The van der Waals surface area contributed by atoms with E-state index in [0.717, 1.165) is 25.2 Å². The Morgan fingerprint density at radius 1 is 0.893 bits per heavy atom. The van der Waals surface area contributed by atoms with Crippen molar-refractivity contribution in [2.75, 3.05) is 6.61 Å². The molecule has 4 fully saturated rings. The number of Topliss-reactive ketones (excluding diaryl/α,β-unsaturated/α-hetero) is 1. The summed E-state index contributed by atoms with van der Waals surface area (Å²) in [5.41, 5.74) is -0.866. The second-order valence-corrected chi connectivity index (χ2v) is 11.2. The molecule has 0 radical (unpaired) electrons. The second-order valence-electron chi connectivity index (χ2n) is 11.2. The Labute approximate surface area is 169 Å². The van der Waals surface area contributed by atoms with Gasteiger partial charge in [-0.3, -0.25) is 9.59 Å². The van der Waals surface area contributed by atoms with Crippen molar-refractivity contribution in [1.29, 1.82) is 0 Å². The van der Waals surface area contributed by atoms with Gasteiger partial charge < -0.3 is 9.84 Å². The summed E-state index contributed by atoms with van der Waals surface area (Å²) >= 11 is 0. The van der Waals surface area contributed by atoms with Crippen molar-refractivity contribution < 1.29 is 19.4 Å². The van der Waals surface area contributed by atoms with Crippen LogP contribution in [0.2, 0.25) is 0 Å². The number of hydrogen-bond acceptors (Lipinski definition) is 4. The molecule has 0 amide bonds. The minimum Gasteiger partial charge on any atom is -0.458 e. The molecule has 0 aromatic rings. The zero-order valence-corrected chi connectivity index (χ0v) is 18.2. The van der Waals surface area contributed by atoms with E-state index in [9.17, 15) is 14.7 Å². The highest BCUT2D eigenvalue weighted by Gasteiger charge is 2.67. The number of rotatable bonds is 3. The van der Waals surface area contributed by atoms with Gasteiger partial charge in [-0.2, -0.15) is 0 Å². The normalized spacial score (nSPS) is 50.2. The van der Waals surface area contributed by atoms with Crippen LogP contribution in [0.25, 0.3) is 0 Å². The van der Waals surface area contributed by atoms with Gasteiger partial charge in [0.05, 0.1) is 0 Å². The summed E-state index contributed by atoms with van der Waals surface area (Å²) in [7, 11) is 0. The van der Waals surface area contributed by atoms with Gasteiger partial charge in [-0.05, 0) is 80.0 Å². The molecule has 4 heteroatoms. The van der Waals surface area contributed by atoms with Crippen LogP contribution < -0.4 is 0 Å². The van der Waals surface area contributed by atoms with Crippen LogP contribution in [-0.2, 0) is 14.3 Å². The first-order valence-electron chi connectivity index (χ1n) is 11.5. The molecule has 4 rings (SSSR count). The molecule has 1 N–H and O–H groups in total. The zero-order chi connectivity index (χ0) is 20.4. The molecule has 28 heavy (non-hydrogen) atoms. The molecule has 0 unspecified atom stereocenters. The highest BCUT2D eigenvalue weighted by Crippen LogP contribution is 2.71. The molecule has 0 aromatic carbocycles. The predicted molar refractivity (Wildman–Crippen MR) is 108 cm³/mol. The van der Waals surface area contributed by atoms with Crippen molar-refractivity contribution in [2.45, 2.75) is 97.5 Å². The minimum atomic E-state index is -1.34. The van der Waals surface area contributed by atoms with Gasteiger partial charge in [0.25, 0.3) is 0 Å². The van der Waals surface area contributed by atoms with Crippen LogP contribution in [0, 0.1) is 34.0 Å². The third kappa shape index (κ3) is 2.58. The predicted octanol–water partition coefficient (Wildman–Crippen LogP) is 4.67. The van der Waals surface area contributed by atoms with Crippen molar-refractivity contribution in [3.8, 4) is 0 Å². The molecule has 0 aliphatic heterocycles. The van der Waals surface area contributed by atoms with Gasteiger partial charge in [0.15, 0.2) is 6.61 Å². The highest BCUT2D eigenvalue weighted by molar-refractivity contribution is 5.90. The van der Waals surface area contributed by atoms with Gasteiger partial charge in [-0.25, -0.2) is 0 Å². The molecular weight excluding hydrogens is 352 g/mol. The van der Waals surface area contributed by atoms with Crippen molar-refractivity contribution in [2.24, 2.45) is 34.0 Å². The van der Waals surface area contributed by atoms with Gasteiger partial charge >= 0.3 is 5.97 Å². The lowest BCUT2D eigenvalue weighted by molar-refractivity contribution is -0.184. The van der Waals surface area contributed by atoms with Crippen molar-refractivity contribution in [1.82, 2.24) is 0 Å². The summed E-state index contributed by atoms with van der Waals surface area (Å²) < 4.78 is 4.96. The standard InChI is InChI=1S/C24H38O4/c1-16(25)28-15-20(26)24(27)14-9-19-17-7-12-21(2)10-5-6-11-22(21,3)18(17)8-13-23(19,24)4/h17-19,27H,5-15H2,1-4H3/t17-,18+,19-,21-,22-,23+,24+/m1/s1. The first kappa shape index (κ1) is 20.4. The maximum Gasteiger partial charge on any atom is 0.303 e. The number of ether oxygens (including phenoxy) is 1. The smallest absolute Gasteiger partial charge is 0.303 e. The number of hydrogen-bond donors (Lipinski definition) is 1. The Bertz CT molecular complexity index is 674. The topological polar surface area (TPSA) is 63.6 Å². The fourth-order valence-corrected chi connectivity index (χ4v) is 8.37. The van der Waals surface area contributed by atoms with Gasteiger partial charge in [-0.1, -0.05) is 33.6 Å². The molecule has 7 atom stereocenters. The Morgan fingerprint density at radius 2 is 1.54 bits per heavy atom. The maximum absolute atomic E-state index is 12.9. The Morgan fingerprint density at radius 3 is 2.25 bits per heavy atom. The minimum absolute atomic E-state index is 0.294. The number of ketones is 1. The zero-order valence-electron chi connectivity index (χ0n) is 18.2. The number of esters is 1. The SMILES string of the molecule is CC(=O)OCC(=O)[C@@]1(O)CC[C@@H]2[C@@H]3CC[C@@]4(C)CCCC[C@]4(C)[C@H]3CC[C@@]21C. The molecule has 0 aromatic heterocycles. The van der Waals surface area contributed by atoms with E-state index in [0.29, 0.717) is 29.1 Å².